The number of hydrogen-bond acceptors (Lipinski definition) is 3. The largest absolute Gasteiger partial charge is 0.493 e. The molecule has 2 nitrogen and oxygen atoms in total. The second kappa shape index (κ2) is 8.47. The van der Waals surface area contributed by atoms with Crippen molar-refractivity contribution in [2.24, 2.45) is 0 Å². The van der Waals surface area contributed by atoms with Crippen LogP contribution >= 0.6 is 27.7 Å². The summed E-state index contributed by atoms with van der Waals surface area (Å²) in [5.74, 6) is 1.39. The zero-order chi connectivity index (χ0) is 15.1. The zero-order valence-electron chi connectivity index (χ0n) is 12.0. The van der Waals surface area contributed by atoms with Crippen molar-refractivity contribution in [3.05, 3.63) is 58.6 Å². The van der Waals surface area contributed by atoms with Crippen LogP contribution in [0.25, 0.3) is 0 Å². The lowest BCUT2D eigenvalue weighted by molar-refractivity contribution is 0.195. The minimum Gasteiger partial charge on any atom is -0.493 e. The summed E-state index contributed by atoms with van der Waals surface area (Å²) in [5, 5.41) is 10.4. The molecule has 2 rings (SSSR count). The normalized spacial score (nSPS) is 12.1. The van der Waals surface area contributed by atoms with Crippen LogP contribution in [0, 0.1) is 0 Å². The van der Waals surface area contributed by atoms with Crippen molar-refractivity contribution < 1.29 is 9.84 Å². The van der Waals surface area contributed by atoms with E-state index >= 15 is 0 Å². The Morgan fingerprint density at radius 1 is 1.14 bits per heavy atom. The summed E-state index contributed by atoms with van der Waals surface area (Å²) in [6.07, 6.45) is 0.421. The molecule has 4 heteroatoms. The van der Waals surface area contributed by atoms with Crippen LogP contribution in [-0.2, 0) is 0 Å². The van der Waals surface area contributed by atoms with E-state index in [9.17, 15) is 5.11 Å². The van der Waals surface area contributed by atoms with Gasteiger partial charge in [0.2, 0.25) is 0 Å². The number of ether oxygens (including phenoxy) is 1. The van der Waals surface area contributed by atoms with Gasteiger partial charge < -0.3 is 9.84 Å². The predicted molar refractivity (Wildman–Crippen MR) is 92.1 cm³/mol. The van der Waals surface area contributed by atoms with Crippen molar-refractivity contribution >= 4 is 27.7 Å². The maximum Gasteiger partial charge on any atom is 0.125 e. The fourth-order valence-electron chi connectivity index (χ4n) is 1.90. The molecular formula is C17H19BrO2S. The molecule has 0 aromatic heterocycles. The lowest BCUT2D eigenvalue weighted by Crippen LogP contribution is -2.05. The van der Waals surface area contributed by atoms with Gasteiger partial charge in [-0.25, -0.2) is 0 Å². The van der Waals surface area contributed by atoms with Crippen molar-refractivity contribution in [2.45, 2.75) is 24.3 Å². The fourth-order valence-corrected chi connectivity index (χ4v) is 3.02. The molecule has 0 amide bonds. The summed E-state index contributed by atoms with van der Waals surface area (Å²) >= 11 is 5.06. The van der Waals surface area contributed by atoms with Crippen LogP contribution in [0.2, 0.25) is 0 Å². The quantitative estimate of drug-likeness (QED) is 0.694. The minimum atomic E-state index is -0.535. The number of aliphatic hydroxyl groups excluding tert-OH is 1. The van der Waals surface area contributed by atoms with Gasteiger partial charge in [0.15, 0.2) is 0 Å². The molecule has 0 heterocycles. The van der Waals surface area contributed by atoms with E-state index in [1.807, 2.05) is 48.5 Å². The molecule has 112 valence electrons. The summed E-state index contributed by atoms with van der Waals surface area (Å²) in [6, 6.07) is 15.8. The Morgan fingerprint density at radius 2 is 1.86 bits per heavy atom. The Balaban J connectivity index is 1.99. The van der Waals surface area contributed by atoms with Gasteiger partial charge in [0.25, 0.3) is 0 Å². The van der Waals surface area contributed by atoms with Gasteiger partial charge in [0.1, 0.15) is 5.75 Å². The van der Waals surface area contributed by atoms with Crippen LogP contribution < -0.4 is 4.74 Å². The molecule has 1 unspecified atom stereocenters. The predicted octanol–water partition coefficient (Wildman–Crippen LogP) is 5.06. The smallest absolute Gasteiger partial charge is 0.125 e. The summed E-state index contributed by atoms with van der Waals surface area (Å²) in [4.78, 5) is 1.14. The zero-order valence-corrected chi connectivity index (χ0v) is 14.4. The first kappa shape index (κ1) is 16.4. The number of aliphatic hydroxyl groups is 1. The molecule has 0 spiro atoms. The third-order valence-electron chi connectivity index (χ3n) is 2.96. The van der Waals surface area contributed by atoms with Gasteiger partial charge in [-0.15, -0.1) is 11.8 Å². The first-order valence-corrected chi connectivity index (χ1v) is 8.76. The summed E-state index contributed by atoms with van der Waals surface area (Å²) in [6.45, 7) is 2.74. The molecule has 21 heavy (non-hydrogen) atoms. The number of halogens is 1. The number of benzene rings is 2. The number of thioether (sulfide) groups is 1. The number of hydrogen-bond donors (Lipinski definition) is 1. The summed E-state index contributed by atoms with van der Waals surface area (Å²) < 4.78 is 6.76. The average Bonchev–Trinajstić information content (AvgIpc) is 2.52. The lowest BCUT2D eigenvalue weighted by atomic mass is 10.1. The fraction of sp³-hybridized carbons (Fsp3) is 0.294. The molecule has 0 bridgehead atoms. The summed E-state index contributed by atoms with van der Waals surface area (Å²) in [5.41, 5.74) is 0.857. The van der Waals surface area contributed by atoms with Gasteiger partial charge in [0.05, 0.1) is 12.7 Å². The second-order valence-electron chi connectivity index (χ2n) is 4.67. The Kier molecular flexibility index (Phi) is 6.61. The molecule has 1 N–H and O–H groups in total. The van der Waals surface area contributed by atoms with Crippen LogP contribution in [-0.4, -0.2) is 17.5 Å². The molecule has 0 saturated heterocycles. The highest BCUT2D eigenvalue weighted by Crippen LogP contribution is 2.30. The van der Waals surface area contributed by atoms with E-state index in [4.69, 9.17) is 4.74 Å². The first-order chi connectivity index (χ1) is 10.2. The van der Waals surface area contributed by atoms with Crippen molar-refractivity contribution in [1.82, 2.24) is 0 Å². The Hall–Kier alpha value is -0.970. The maximum absolute atomic E-state index is 10.4. The highest BCUT2D eigenvalue weighted by molar-refractivity contribution is 9.10. The van der Waals surface area contributed by atoms with E-state index < -0.39 is 6.10 Å². The van der Waals surface area contributed by atoms with Gasteiger partial charge in [-0.1, -0.05) is 41.1 Å². The molecule has 0 aliphatic rings. The minimum absolute atomic E-state index is 0.535. The molecular weight excluding hydrogens is 348 g/mol. The Labute approximate surface area is 138 Å². The average molecular weight is 367 g/mol. The standard InChI is InChI=1S/C17H19BrO2S/c1-2-11-20-17-6-4-3-5-15(17)16(19)12-21-14-9-7-13(18)8-10-14/h3-10,16,19H,2,11-12H2,1H3. The van der Waals surface area contributed by atoms with E-state index in [0.29, 0.717) is 12.4 Å². The van der Waals surface area contributed by atoms with Gasteiger partial charge in [-0.05, 0) is 36.8 Å². The van der Waals surface area contributed by atoms with E-state index in [0.717, 1.165) is 27.1 Å². The van der Waals surface area contributed by atoms with Gasteiger partial charge in [0, 0.05) is 20.7 Å². The Morgan fingerprint density at radius 3 is 2.57 bits per heavy atom. The summed E-state index contributed by atoms with van der Waals surface area (Å²) in [7, 11) is 0. The van der Waals surface area contributed by atoms with Crippen LogP contribution in [0.15, 0.2) is 57.9 Å². The number of para-hydroxylation sites is 1. The maximum atomic E-state index is 10.4. The van der Waals surface area contributed by atoms with Crippen molar-refractivity contribution in [3.8, 4) is 5.75 Å². The topological polar surface area (TPSA) is 29.5 Å². The molecule has 0 fully saturated rings. The number of rotatable bonds is 7. The highest BCUT2D eigenvalue weighted by atomic mass is 79.9. The van der Waals surface area contributed by atoms with Gasteiger partial charge in [-0.2, -0.15) is 0 Å². The lowest BCUT2D eigenvalue weighted by Gasteiger charge is -2.15. The van der Waals surface area contributed by atoms with E-state index in [-0.39, 0.29) is 0 Å². The molecule has 0 aliphatic carbocycles. The van der Waals surface area contributed by atoms with Crippen molar-refractivity contribution in [3.63, 3.8) is 0 Å². The third-order valence-corrected chi connectivity index (χ3v) is 4.58. The van der Waals surface area contributed by atoms with E-state index in [1.54, 1.807) is 11.8 Å². The van der Waals surface area contributed by atoms with Crippen LogP contribution in [0.5, 0.6) is 5.75 Å². The van der Waals surface area contributed by atoms with Crippen molar-refractivity contribution in [2.75, 3.05) is 12.4 Å². The molecule has 0 radical (unpaired) electrons. The molecule has 0 aliphatic heterocycles. The molecule has 2 aromatic rings. The Bertz CT molecular complexity index is 557. The van der Waals surface area contributed by atoms with Crippen LogP contribution in [0.3, 0.4) is 0 Å². The third kappa shape index (κ3) is 5.06. The van der Waals surface area contributed by atoms with Crippen LogP contribution in [0.1, 0.15) is 25.0 Å². The molecule has 2 aromatic carbocycles. The van der Waals surface area contributed by atoms with Crippen LogP contribution in [0.4, 0.5) is 0 Å². The van der Waals surface area contributed by atoms with Gasteiger partial charge in [-0.3, -0.25) is 0 Å². The van der Waals surface area contributed by atoms with Crippen molar-refractivity contribution in [1.29, 1.82) is 0 Å². The van der Waals surface area contributed by atoms with E-state index in [1.165, 1.54) is 0 Å². The highest BCUT2D eigenvalue weighted by Gasteiger charge is 2.13. The van der Waals surface area contributed by atoms with E-state index in [2.05, 4.69) is 22.9 Å². The first-order valence-electron chi connectivity index (χ1n) is 6.99. The van der Waals surface area contributed by atoms with Gasteiger partial charge >= 0.3 is 0 Å². The monoisotopic (exact) mass is 366 g/mol. The molecule has 1 atom stereocenters. The SMILES string of the molecule is CCCOc1ccccc1C(O)CSc1ccc(Br)cc1. The molecule has 0 saturated carbocycles. The second-order valence-corrected chi connectivity index (χ2v) is 6.68.